The number of benzene rings is 1. The smallest absolute Gasteiger partial charge is 0.0508 e. The van der Waals surface area contributed by atoms with E-state index in [2.05, 4.69) is 36.2 Å². The van der Waals surface area contributed by atoms with Crippen LogP contribution in [0.3, 0.4) is 0 Å². The Hall–Kier alpha value is -0.770. The summed E-state index contributed by atoms with van der Waals surface area (Å²) in [5.41, 5.74) is 2.59. The molecule has 0 aromatic heterocycles. The highest BCUT2D eigenvalue weighted by Gasteiger charge is 2.24. The molecule has 1 saturated heterocycles. The van der Waals surface area contributed by atoms with Crippen LogP contribution < -0.4 is 10.2 Å². The second kappa shape index (κ2) is 7.30. The van der Waals surface area contributed by atoms with E-state index in [0.717, 1.165) is 31.3 Å². The Labute approximate surface area is 127 Å². The van der Waals surface area contributed by atoms with Crippen molar-refractivity contribution in [2.45, 2.75) is 32.9 Å². The predicted octanol–water partition coefficient (Wildman–Crippen LogP) is 3.31. The molecule has 1 aliphatic rings. The van der Waals surface area contributed by atoms with Gasteiger partial charge in [0.05, 0.1) is 6.61 Å². The van der Waals surface area contributed by atoms with Crippen LogP contribution in [0.5, 0.6) is 0 Å². The SMILES string of the molecule is COCC1CCN(c2cc(Cl)ccc2CNC(C)C)C1. The van der Waals surface area contributed by atoms with Crippen molar-refractivity contribution in [1.82, 2.24) is 5.32 Å². The molecular formula is C16H25ClN2O. The summed E-state index contributed by atoms with van der Waals surface area (Å²) in [7, 11) is 1.78. The average molecular weight is 297 g/mol. The van der Waals surface area contributed by atoms with Crippen LogP contribution in [0.4, 0.5) is 5.69 Å². The summed E-state index contributed by atoms with van der Waals surface area (Å²) in [5.74, 6) is 0.630. The van der Waals surface area contributed by atoms with Crippen molar-refractivity contribution in [3.05, 3.63) is 28.8 Å². The summed E-state index contributed by atoms with van der Waals surface area (Å²) in [6.45, 7) is 8.21. The van der Waals surface area contributed by atoms with Crippen LogP contribution in [0.25, 0.3) is 0 Å². The number of nitrogens with zero attached hydrogens (tertiary/aromatic N) is 1. The zero-order chi connectivity index (χ0) is 14.5. The molecule has 0 saturated carbocycles. The molecule has 0 aliphatic carbocycles. The van der Waals surface area contributed by atoms with Crippen molar-refractivity contribution in [2.24, 2.45) is 5.92 Å². The molecular weight excluding hydrogens is 272 g/mol. The van der Waals surface area contributed by atoms with E-state index in [0.29, 0.717) is 12.0 Å². The van der Waals surface area contributed by atoms with E-state index in [-0.39, 0.29) is 0 Å². The molecule has 0 bridgehead atoms. The third-order valence-electron chi connectivity index (χ3n) is 3.78. The molecule has 0 radical (unpaired) electrons. The van der Waals surface area contributed by atoms with Gasteiger partial charge in [-0.05, 0) is 24.1 Å². The molecule has 1 fully saturated rings. The topological polar surface area (TPSA) is 24.5 Å². The molecule has 1 aromatic rings. The second-order valence-corrected chi connectivity index (χ2v) is 6.30. The fraction of sp³-hybridized carbons (Fsp3) is 0.625. The highest BCUT2D eigenvalue weighted by molar-refractivity contribution is 6.30. The molecule has 0 spiro atoms. The normalized spacial score (nSPS) is 19.1. The van der Waals surface area contributed by atoms with Gasteiger partial charge < -0.3 is 15.0 Å². The zero-order valence-electron chi connectivity index (χ0n) is 12.7. The number of halogens is 1. The van der Waals surface area contributed by atoms with Gasteiger partial charge in [-0.1, -0.05) is 31.5 Å². The van der Waals surface area contributed by atoms with Gasteiger partial charge >= 0.3 is 0 Å². The fourth-order valence-electron chi connectivity index (χ4n) is 2.72. The number of methoxy groups -OCH3 is 1. The minimum absolute atomic E-state index is 0.485. The molecule has 3 nitrogen and oxygen atoms in total. The van der Waals surface area contributed by atoms with Gasteiger partial charge in [0, 0.05) is 49.4 Å². The first-order chi connectivity index (χ1) is 9.60. The minimum atomic E-state index is 0.485. The van der Waals surface area contributed by atoms with Gasteiger partial charge in [0.15, 0.2) is 0 Å². The number of nitrogens with one attached hydrogen (secondary N) is 1. The number of rotatable bonds is 6. The Kier molecular flexibility index (Phi) is 5.70. The van der Waals surface area contributed by atoms with Gasteiger partial charge in [0.25, 0.3) is 0 Å². The van der Waals surface area contributed by atoms with E-state index in [1.165, 1.54) is 17.7 Å². The van der Waals surface area contributed by atoms with E-state index in [4.69, 9.17) is 16.3 Å². The standard InChI is InChI=1S/C16H25ClN2O/c1-12(2)18-9-14-4-5-15(17)8-16(14)19-7-6-13(10-19)11-20-3/h4-5,8,12-13,18H,6-7,9-11H2,1-3H3. The molecule has 4 heteroatoms. The number of hydrogen-bond donors (Lipinski definition) is 1. The van der Waals surface area contributed by atoms with Gasteiger partial charge in [-0.25, -0.2) is 0 Å². The molecule has 1 aromatic carbocycles. The number of anilines is 1. The lowest BCUT2D eigenvalue weighted by Gasteiger charge is -2.23. The maximum absolute atomic E-state index is 6.18. The lowest BCUT2D eigenvalue weighted by molar-refractivity contribution is 0.161. The maximum atomic E-state index is 6.18. The van der Waals surface area contributed by atoms with Crippen molar-refractivity contribution >= 4 is 17.3 Å². The highest BCUT2D eigenvalue weighted by atomic mass is 35.5. The van der Waals surface area contributed by atoms with Crippen LogP contribution in [0, 0.1) is 5.92 Å². The van der Waals surface area contributed by atoms with E-state index in [9.17, 15) is 0 Å². The Morgan fingerprint density at radius 3 is 2.95 bits per heavy atom. The predicted molar refractivity (Wildman–Crippen MR) is 85.6 cm³/mol. The van der Waals surface area contributed by atoms with E-state index < -0.39 is 0 Å². The molecule has 112 valence electrons. The zero-order valence-corrected chi connectivity index (χ0v) is 13.4. The van der Waals surface area contributed by atoms with Gasteiger partial charge in [-0.3, -0.25) is 0 Å². The largest absolute Gasteiger partial charge is 0.384 e. The molecule has 1 N–H and O–H groups in total. The van der Waals surface area contributed by atoms with Gasteiger partial charge in [0.1, 0.15) is 0 Å². The molecule has 1 aliphatic heterocycles. The van der Waals surface area contributed by atoms with Crippen LogP contribution >= 0.6 is 11.6 Å². The first-order valence-electron chi connectivity index (χ1n) is 7.36. The molecule has 20 heavy (non-hydrogen) atoms. The average Bonchev–Trinajstić information content (AvgIpc) is 2.86. The summed E-state index contributed by atoms with van der Waals surface area (Å²) < 4.78 is 5.28. The Morgan fingerprint density at radius 1 is 1.45 bits per heavy atom. The summed E-state index contributed by atoms with van der Waals surface area (Å²) in [6.07, 6.45) is 1.19. The highest BCUT2D eigenvalue weighted by Crippen LogP contribution is 2.30. The van der Waals surface area contributed by atoms with Gasteiger partial charge in [0.2, 0.25) is 0 Å². The van der Waals surface area contributed by atoms with Gasteiger partial charge in [-0.15, -0.1) is 0 Å². The van der Waals surface area contributed by atoms with Crippen molar-refractivity contribution < 1.29 is 4.74 Å². The van der Waals surface area contributed by atoms with Crippen LogP contribution in [0.15, 0.2) is 18.2 Å². The van der Waals surface area contributed by atoms with Crippen molar-refractivity contribution in [3.8, 4) is 0 Å². The lowest BCUT2D eigenvalue weighted by Crippen LogP contribution is -2.26. The lowest BCUT2D eigenvalue weighted by atomic mass is 10.1. The van der Waals surface area contributed by atoms with Crippen molar-refractivity contribution in [1.29, 1.82) is 0 Å². The van der Waals surface area contributed by atoms with E-state index in [1.807, 2.05) is 6.07 Å². The van der Waals surface area contributed by atoms with E-state index >= 15 is 0 Å². The van der Waals surface area contributed by atoms with Crippen LogP contribution in [0.1, 0.15) is 25.8 Å². The molecule has 1 heterocycles. The monoisotopic (exact) mass is 296 g/mol. The summed E-state index contributed by atoms with van der Waals surface area (Å²) in [4.78, 5) is 2.44. The molecule has 0 amide bonds. The third-order valence-corrected chi connectivity index (χ3v) is 4.01. The van der Waals surface area contributed by atoms with E-state index in [1.54, 1.807) is 7.11 Å². The Bertz CT molecular complexity index is 436. The third kappa shape index (κ3) is 4.11. The molecule has 1 unspecified atom stereocenters. The first kappa shape index (κ1) is 15.6. The van der Waals surface area contributed by atoms with Crippen molar-refractivity contribution in [3.63, 3.8) is 0 Å². The first-order valence-corrected chi connectivity index (χ1v) is 7.73. The minimum Gasteiger partial charge on any atom is -0.384 e. The summed E-state index contributed by atoms with van der Waals surface area (Å²) in [5, 5.41) is 4.30. The maximum Gasteiger partial charge on any atom is 0.0508 e. The Morgan fingerprint density at radius 2 is 2.25 bits per heavy atom. The number of hydrogen-bond acceptors (Lipinski definition) is 3. The second-order valence-electron chi connectivity index (χ2n) is 5.86. The summed E-state index contributed by atoms with van der Waals surface area (Å²) >= 11 is 6.18. The molecule has 1 atom stereocenters. The van der Waals surface area contributed by atoms with Crippen LogP contribution in [0.2, 0.25) is 5.02 Å². The van der Waals surface area contributed by atoms with Gasteiger partial charge in [-0.2, -0.15) is 0 Å². The fourth-order valence-corrected chi connectivity index (χ4v) is 2.88. The quantitative estimate of drug-likeness (QED) is 0.871. The molecule has 2 rings (SSSR count). The summed E-state index contributed by atoms with van der Waals surface area (Å²) in [6, 6.07) is 6.69. The number of ether oxygens (including phenoxy) is 1. The Balaban J connectivity index is 2.11. The van der Waals surface area contributed by atoms with Crippen molar-refractivity contribution in [2.75, 3.05) is 31.7 Å². The van der Waals surface area contributed by atoms with Crippen LogP contribution in [-0.2, 0) is 11.3 Å². The van der Waals surface area contributed by atoms with Crippen LogP contribution in [-0.4, -0.2) is 32.8 Å².